The Hall–Kier alpha value is -5.43. The largest absolute Gasteiger partial charge is 0.455 e. The van der Waals surface area contributed by atoms with Gasteiger partial charge in [-0.2, -0.15) is 0 Å². The Morgan fingerprint density at radius 3 is 2.36 bits per heavy atom. The average molecular weight is 619 g/mol. The summed E-state index contributed by atoms with van der Waals surface area (Å²) in [5.41, 5.74) is 6.61. The Labute approximate surface area is 248 Å². The Kier molecular flexibility index (Phi) is 6.77. The van der Waals surface area contributed by atoms with Crippen molar-refractivity contribution >= 4 is 49.9 Å². The van der Waals surface area contributed by atoms with Gasteiger partial charge in [-0.3, -0.25) is 18.5 Å². The first-order valence-corrected chi connectivity index (χ1v) is 14.7. The molecule has 0 spiro atoms. The summed E-state index contributed by atoms with van der Waals surface area (Å²) in [7, 11) is -2.53. The summed E-state index contributed by atoms with van der Waals surface area (Å²) in [6.07, 6.45) is 2.85. The number of anilines is 1. The van der Waals surface area contributed by atoms with Crippen LogP contribution in [0.4, 0.5) is 18.9 Å². The van der Waals surface area contributed by atoms with Crippen LogP contribution in [-0.2, 0) is 10.0 Å². The molecule has 0 aliphatic rings. The van der Waals surface area contributed by atoms with Crippen molar-refractivity contribution in [3.8, 4) is 28.1 Å². The van der Waals surface area contributed by atoms with E-state index in [2.05, 4.69) is 4.98 Å². The molecule has 0 bridgehead atoms. The number of amides is 1. The number of halogens is 3. The topological polar surface area (TPSA) is 128 Å². The van der Waals surface area contributed by atoms with Crippen molar-refractivity contribution < 1.29 is 35.6 Å². The molecule has 13 heteroatoms. The highest BCUT2D eigenvalue weighted by molar-refractivity contribution is 7.92. The minimum Gasteiger partial charge on any atom is -0.455 e. The van der Waals surface area contributed by atoms with Crippen molar-refractivity contribution in [2.24, 2.45) is 5.73 Å². The number of hydrogen-bond donors (Lipinski definition) is 1. The SMILES string of the molecule is CN(c1cc2oc(-c3ccc(F)cc3)c(C=O)c2cc1-c1cc(F)c2ncn(-c3ccc(F)c(C(N)=O)c3)c2c1)S(C)(=O)=O. The molecule has 222 valence electrons. The summed E-state index contributed by atoms with van der Waals surface area (Å²) in [5.74, 6) is -2.92. The summed E-state index contributed by atoms with van der Waals surface area (Å²) in [6.45, 7) is 0. The molecule has 0 unspecified atom stereocenters. The van der Waals surface area contributed by atoms with Crippen molar-refractivity contribution in [2.45, 2.75) is 0 Å². The summed E-state index contributed by atoms with van der Waals surface area (Å²) in [4.78, 5) is 28.2. The predicted molar refractivity (Wildman–Crippen MR) is 159 cm³/mol. The van der Waals surface area contributed by atoms with Gasteiger partial charge >= 0.3 is 0 Å². The van der Waals surface area contributed by atoms with Crippen molar-refractivity contribution in [2.75, 3.05) is 17.6 Å². The molecular weight excluding hydrogens is 597 g/mol. The van der Waals surface area contributed by atoms with E-state index in [1.165, 1.54) is 72.5 Å². The molecule has 0 fully saturated rings. The van der Waals surface area contributed by atoms with E-state index in [4.69, 9.17) is 10.2 Å². The summed E-state index contributed by atoms with van der Waals surface area (Å²) < 4.78 is 77.0. The summed E-state index contributed by atoms with van der Waals surface area (Å²) >= 11 is 0. The minimum atomic E-state index is -3.84. The number of nitrogens with two attached hydrogens (primary N) is 1. The second-order valence-corrected chi connectivity index (χ2v) is 12.0. The minimum absolute atomic E-state index is 0.0479. The monoisotopic (exact) mass is 618 g/mol. The van der Waals surface area contributed by atoms with Gasteiger partial charge in [-0.05, 0) is 66.2 Å². The number of imidazole rings is 1. The van der Waals surface area contributed by atoms with E-state index in [1.807, 2.05) is 0 Å². The van der Waals surface area contributed by atoms with Crippen LogP contribution in [0.2, 0.25) is 0 Å². The predicted octanol–water partition coefficient (Wildman–Crippen LogP) is 5.83. The van der Waals surface area contributed by atoms with Gasteiger partial charge in [-0.15, -0.1) is 0 Å². The quantitative estimate of drug-likeness (QED) is 0.224. The van der Waals surface area contributed by atoms with Gasteiger partial charge in [0.2, 0.25) is 10.0 Å². The lowest BCUT2D eigenvalue weighted by molar-refractivity contribution is 0.0996. The maximum atomic E-state index is 15.6. The third-order valence-corrected chi connectivity index (χ3v) is 8.51. The first-order valence-electron chi connectivity index (χ1n) is 12.9. The van der Waals surface area contributed by atoms with Crippen molar-refractivity contribution in [1.29, 1.82) is 0 Å². The van der Waals surface area contributed by atoms with E-state index in [0.29, 0.717) is 17.2 Å². The van der Waals surface area contributed by atoms with Crippen LogP contribution in [0.15, 0.2) is 77.5 Å². The second kappa shape index (κ2) is 10.4. The first-order chi connectivity index (χ1) is 20.9. The van der Waals surface area contributed by atoms with E-state index in [1.54, 1.807) is 6.07 Å². The normalized spacial score (nSPS) is 11.8. The lowest BCUT2D eigenvalue weighted by Crippen LogP contribution is -2.25. The van der Waals surface area contributed by atoms with E-state index in [0.717, 1.165) is 16.6 Å². The number of primary amides is 1. The highest BCUT2D eigenvalue weighted by Gasteiger charge is 2.24. The smallest absolute Gasteiger partial charge is 0.251 e. The highest BCUT2D eigenvalue weighted by atomic mass is 32.2. The van der Waals surface area contributed by atoms with Crippen LogP contribution in [0.3, 0.4) is 0 Å². The second-order valence-electron chi connectivity index (χ2n) is 10.0. The zero-order valence-electron chi connectivity index (χ0n) is 23.0. The molecule has 0 aliphatic carbocycles. The molecule has 2 heterocycles. The third kappa shape index (κ3) is 4.76. The number of furan rings is 1. The van der Waals surface area contributed by atoms with Gasteiger partial charge in [0.1, 0.15) is 34.8 Å². The summed E-state index contributed by atoms with van der Waals surface area (Å²) in [6, 6.07) is 14.6. The molecule has 0 radical (unpaired) electrons. The molecule has 2 aromatic heterocycles. The number of carbonyl (C=O) groups is 2. The number of aldehydes is 1. The van der Waals surface area contributed by atoms with Crippen LogP contribution in [0.5, 0.6) is 0 Å². The molecule has 4 aromatic carbocycles. The molecule has 0 saturated heterocycles. The number of hydrogen-bond acceptors (Lipinski definition) is 6. The molecule has 1 amide bonds. The van der Waals surface area contributed by atoms with Gasteiger partial charge < -0.3 is 10.2 Å². The van der Waals surface area contributed by atoms with Gasteiger partial charge in [-0.1, -0.05) is 0 Å². The number of nitrogens with zero attached hydrogens (tertiary/aromatic N) is 3. The van der Waals surface area contributed by atoms with Gasteiger partial charge in [0.25, 0.3) is 5.91 Å². The highest BCUT2D eigenvalue weighted by Crippen LogP contribution is 2.41. The van der Waals surface area contributed by atoms with Gasteiger partial charge in [0, 0.05) is 35.3 Å². The van der Waals surface area contributed by atoms with Crippen molar-refractivity contribution in [1.82, 2.24) is 9.55 Å². The molecule has 9 nitrogen and oxygen atoms in total. The maximum Gasteiger partial charge on any atom is 0.251 e. The zero-order chi connectivity index (χ0) is 31.5. The van der Waals surface area contributed by atoms with Crippen LogP contribution in [-0.4, -0.2) is 43.5 Å². The van der Waals surface area contributed by atoms with Crippen LogP contribution in [0.1, 0.15) is 20.7 Å². The first kappa shape index (κ1) is 28.7. The fourth-order valence-electron chi connectivity index (χ4n) is 5.04. The molecular formula is C31H21F3N4O5S. The van der Waals surface area contributed by atoms with Crippen LogP contribution < -0.4 is 10.0 Å². The number of fused-ring (bicyclic) bond motifs is 2. The fraction of sp³-hybridized carbons (Fsp3) is 0.0645. The fourth-order valence-corrected chi connectivity index (χ4v) is 5.55. The third-order valence-electron chi connectivity index (χ3n) is 7.32. The molecule has 0 atom stereocenters. The number of sulfonamides is 1. The summed E-state index contributed by atoms with van der Waals surface area (Å²) in [5, 5.41) is 0.304. The van der Waals surface area contributed by atoms with Crippen LogP contribution in [0.25, 0.3) is 50.1 Å². The van der Waals surface area contributed by atoms with Crippen LogP contribution in [0, 0.1) is 17.5 Å². The van der Waals surface area contributed by atoms with E-state index in [-0.39, 0.29) is 56.0 Å². The van der Waals surface area contributed by atoms with Gasteiger partial charge in [0.05, 0.1) is 28.6 Å². The molecule has 6 rings (SSSR count). The molecule has 2 N–H and O–H groups in total. The maximum absolute atomic E-state index is 15.6. The molecule has 44 heavy (non-hydrogen) atoms. The number of carbonyl (C=O) groups excluding carboxylic acids is 2. The number of aromatic nitrogens is 2. The van der Waals surface area contributed by atoms with Crippen LogP contribution >= 0.6 is 0 Å². The molecule has 0 aliphatic heterocycles. The number of rotatable bonds is 7. The molecule has 6 aromatic rings. The number of benzene rings is 4. The van der Waals surface area contributed by atoms with E-state index >= 15 is 4.39 Å². The van der Waals surface area contributed by atoms with E-state index in [9.17, 15) is 26.8 Å². The van der Waals surface area contributed by atoms with Gasteiger partial charge in [0.15, 0.2) is 12.1 Å². The zero-order valence-corrected chi connectivity index (χ0v) is 23.8. The standard InChI is InChI=1S/C31H21F3N4O5S/c1-37(44(2,41)42)26-13-28-21(23(14-39)30(43-28)16-3-5-18(32)6-4-16)12-20(26)17-9-25(34)29-27(10-17)38(15-36-29)19-7-8-24(33)22(11-19)31(35)40/h3-15H,1-2H3,(H2,35,40). The Bertz CT molecular complexity index is 2260. The molecule has 0 saturated carbocycles. The van der Waals surface area contributed by atoms with E-state index < -0.39 is 33.4 Å². The van der Waals surface area contributed by atoms with Gasteiger partial charge in [-0.25, -0.2) is 26.6 Å². The lowest BCUT2D eigenvalue weighted by atomic mass is 9.98. The Morgan fingerprint density at radius 1 is 0.977 bits per heavy atom. The Morgan fingerprint density at radius 2 is 1.70 bits per heavy atom. The lowest BCUT2D eigenvalue weighted by Gasteiger charge is -2.21. The average Bonchev–Trinajstić information content (AvgIpc) is 3.57. The van der Waals surface area contributed by atoms with Crippen molar-refractivity contribution in [3.63, 3.8) is 0 Å². The Balaban J connectivity index is 1.63. The van der Waals surface area contributed by atoms with Crippen molar-refractivity contribution in [3.05, 3.63) is 102 Å².